The molecule has 0 unspecified atom stereocenters. The Kier molecular flexibility index (Phi) is 3.64. The van der Waals surface area contributed by atoms with Gasteiger partial charge in [-0.25, -0.2) is 4.39 Å². The number of hydrogen-bond acceptors (Lipinski definition) is 2. The van der Waals surface area contributed by atoms with Gasteiger partial charge in [-0.15, -0.1) is 0 Å². The van der Waals surface area contributed by atoms with E-state index in [1.807, 2.05) is 18.2 Å². The zero-order valence-electron chi connectivity index (χ0n) is 10.6. The second-order valence-electron chi connectivity index (χ2n) is 4.66. The lowest BCUT2D eigenvalue weighted by Gasteiger charge is -2.10. The maximum atomic E-state index is 14.1. The number of nitrogens with zero attached hydrogens (tertiary/aromatic N) is 1. The summed E-state index contributed by atoms with van der Waals surface area (Å²) in [5, 5.41) is 0.612. The molecule has 100 valence electrons. The zero-order valence-corrected chi connectivity index (χ0v) is 12.1. The molecule has 4 heteroatoms. The summed E-state index contributed by atoms with van der Waals surface area (Å²) in [6.07, 6.45) is 0.670. The van der Waals surface area contributed by atoms with Gasteiger partial charge in [0.1, 0.15) is 5.82 Å². The first kappa shape index (κ1) is 13.4. The van der Waals surface area contributed by atoms with Crippen LogP contribution in [0.25, 0.3) is 0 Å². The fourth-order valence-electron chi connectivity index (χ4n) is 2.33. The van der Waals surface area contributed by atoms with E-state index in [2.05, 4.69) is 4.99 Å². The van der Waals surface area contributed by atoms with Crippen LogP contribution < -0.4 is 0 Å². The molecule has 20 heavy (non-hydrogen) atoms. The first-order valence-corrected chi connectivity index (χ1v) is 7.03. The Morgan fingerprint density at radius 1 is 1.10 bits per heavy atom. The molecule has 0 bridgehead atoms. The van der Waals surface area contributed by atoms with E-state index in [1.165, 1.54) is 6.07 Å². The molecule has 1 heterocycles. The molecular formula is C16H11ClFNS. The van der Waals surface area contributed by atoms with Crippen molar-refractivity contribution in [2.24, 2.45) is 4.99 Å². The molecule has 1 aliphatic heterocycles. The molecule has 0 fully saturated rings. The summed E-state index contributed by atoms with van der Waals surface area (Å²) in [6, 6.07) is 12.2. The van der Waals surface area contributed by atoms with Crippen molar-refractivity contribution in [3.8, 4) is 0 Å². The van der Waals surface area contributed by atoms with Crippen molar-refractivity contribution in [2.75, 3.05) is 6.54 Å². The minimum absolute atomic E-state index is 0.287. The van der Waals surface area contributed by atoms with Crippen LogP contribution in [0, 0.1) is 5.82 Å². The molecule has 0 aromatic heterocycles. The number of fused-ring (bicyclic) bond motifs is 1. The van der Waals surface area contributed by atoms with Crippen molar-refractivity contribution >= 4 is 34.4 Å². The normalized spacial score (nSPS) is 14.5. The highest BCUT2D eigenvalue weighted by Crippen LogP contribution is 2.24. The molecule has 0 radical (unpaired) electrons. The van der Waals surface area contributed by atoms with Crippen molar-refractivity contribution in [3.63, 3.8) is 0 Å². The summed E-state index contributed by atoms with van der Waals surface area (Å²) in [7, 11) is 0. The number of aliphatic imine (C=N–C) groups is 1. The quantitative estimate of drug-likeness (QED) is 0.718. The standard InChI is InChI=1S/C16H11ClFNS/c17-11-6-5-10-7-12(20)9-19-16(14(10)8-11)13-3-1-2-4-15(13)18/h1-6,8H,7,9H2. The number of benzene rings is 2. The Morgan fingerprint density at radius 3 is 2.70 bits per heavy atom. The molecule has 2 aromatic carbocycles. The van der Waals surface area contributed by atoms with E-state index in [0.29, 0.717) is 29.3 Å². The molecule has 0 saturated heterocycles. The topological polar surface area (TPSA) is 12.4 Å². The summed E-state index contributed by atoms with van der Waals surface area (Å²) in [6.45, 7) is 0.436. The van der Waals surface area contributed by atoms with Gasteiger partial charge in [0.05, 0.1) is 12.3 Å². The maximum Gasteiger partial charge on any atom is 0.132 e. The summed E-state index contributed by atoms with van der Waals surface area (Å²) in [4.78, 5) is 5.34. The van der Waals surface area contributed by atoms with Crippen LogP contribution >= 0.6 is 23.8 Å². The van der Waals surface area contributed by atoms with Crippen molar-refractivity contribution in [2.45, 2.75) is 6.42 Å². The van der Waals surface area contributed by atoms with Crippen LogP contribution in [0.3, 0.4) is 0 Å². The van der Waals surface area contributed by atoms with Crippen LogP contribution in [-0.4, -0.2) is 17.1 Å². The highest BCUT2D eigenvalue weighted by molar-refractivity contribution is 7.80. The minimum atomic E-state index is -0.287. The lowest BCUT2D eigenvalue weighted by atomic mass is 9.96. The van der Waals surface area contributed by atoms with Gasteiger partial charge in [-0.1, -0.05) is 42.0 Å². The molecule has 0 spiro atoms. The van der Waals surface area contributed by atoms with E-state index >= 15 is 0 Å². The number of rotatable bonds is 1. The Balaban J connectivity index is 2.23. The molecule has 1 nitrogen and oxygen atoms in total. The summed E-state index contributed by atoms with van der Waals surface area (Å²) in [5.41, 5.74) is 3.02. The van der Waals surface area contributed by atoms with Crippen LogP contribution in [-0.2, 0) is 6.42 Å². The molecule has 2 aromatic rings. The van der Waals surface area contributed by atoms with Crippen LogP contribution in [0.2, 0.25) is 5.02 Å². The Bertz CT molecular complexity index is 724. The molecule has 0 amide bonds. The third kappa shape index (κ3) is 2.51. The van der Waals surface area contributed by atoms with E-state index in [0.717, 1.165) is 16.0 Å². The van der Waals surface area contributed by atoms with Gasteiger partial charge in [-0.2, -0.15) is 0 Å². The van der Waals surface area contributed by atoms with E-state index < -0.39 is 0 Å². The summed E-state index contributed by atoms with van der Waals surface area (Å²) < 4.78 is 14.1. The Hall–Kier alpha value is -1.58. The lowest BCUT2D eigenvalue weighted by Crippen LogP contribution is -2.08. The molecule has 1 aliphatic rings. The van der Waals surface area contributed by atoms with Crippen LogP contribution in [0.15, 0.2) is 47.5 Å². The van der Waals surface area contributed by atoms with Gasteiger partial charge in [-0.05, 0) is 29.8 Å². The average molecular weight is 304 g/mol. The van der Waals surface area contributed by atoms with Gasteiger partial charge < -0.3 is 0 Å². The second kappa shape index (κ2) is 5.43. The molecule has 3 rings (SSSR count). The molecule has 0 saturated carbocycles. The van der Waals surface area contributed by atoms with Crippen LogP contribution in [0.1, 0.15) is 16.7 Å². The Labute approximate surface area is 127 Å². The first-order valence-electron chi connectivity index (χ1n) is 6.25. The van der Waals surface area contributed by atoms with E-state index in [9.17, 15) is 4.39 Å². The van der Waals surface area contributed by atoms with Crippen molar-refractivity contribution < 1.29 is 4.39 Å². The van der Waals surface area contributed by atoms with E-state index in [1.54, 1.807) is 18.2 Å². The van der Waals surface area contributed by atoms with Crippen LogP contribution in [0.5, 0.6) is 0 Å². The van der Waals surface area contributed by atoms with Crippen molar-refractivity contribution in [3.05, 3.63) is 70.0 Å². The molecule has 0 N–H and O–H groups in total. The van der Waals surface area contributed by atoms with Gasteiger partial charge in [0.15, 0.2) is 0 Å². The van der Waals surface area contributed by atoms with Crippen molar-refractivity contribution in [1.82, 2.24) is 0 Å². The third-order valence-corrected chi connectivity index (χ3v) is 3.77. The lowest BCUT2D eigenvalue weighted by molar-refractivity contribution is 0.625. The van der Waals surface area contributed by atoms with Crippen LogP contribution in [0.4, 0.5) is 4.39 Å². The zero-order chi connectivity index (χ0) is 14.1. The van der Waals surface area contributed by atoms with Gasteiger partial charge in [-0.3, -0.25) is 4.99 Å². The fraction of sp³-hybridized carbons (Fsp3) is 0.125. The number of thiocarbonyl (C=S) groups is 1. The monoisotopic (exact) mass is 303 g/mol. The van der Waals surface area contributed by atoms with Gasteiger partial charge in [0, 0.05) is 27.4 Å². The Morgan fingerprint density at radius 2 is 1.90 bits per heavy atom. The number of hydrogen-bond donors (Lipinski definition) is 0. The highest BCUT2D eigenvalue weighted by Gasteiger charge is 2.19. The highest BCUT2D eigenvalue weighted by atomic mass is 35.5. The average Bonchev–Trinajstić information content (AvgIpc) is 2.58. The molecule has 0 aliphatic carbocycles. The minimum Gasteiger partial charge on any atom is -0.279 e. The molecular weight excluding hydrogens is 293 g/mol. The second-order valence-corrected chi connectivity index (χ2v) is 5.68. The van der Waals surface area contributed by atoms with Gasteiger partial charge >= 0.3 is 0 Å². The predicted molar refractivity (Wildman–Crippen MR) is 84.7 cm³/mol. The summed E-state index contributed by atoms with van der Waals surface area (Å²) >= 11 is 11.4. The van der Waals surface area contributed by atoms with E-state index in [-0.39, 0.29) is 5.82 Å². The van der Waals surface area contributed by atoms with Gasteiger partial charge in [0.2, 0.25) is 0 Å². The first-order chi connectivity index (χ1) is 9.65. The molecule has 0 atom stereocenters. The summed E-state index contributed by atoms with van der Waals surface area (Å²) in [5.74, 6) is -0.287. The smallest absolute Gasteiger partial charge is 0.132 e. The van der Waals surface area contributed by atoms with Gasteiger partial charge in [0.25, 0.3) is 0 Å². The SMILES string of the molecule is Fc1ccccc1C1=NCC(=S)Cc2ccc(Cl)cc21. The largest absolute Gasteiger partial charge is 0.279 e. The predicted octanol–water partition coefficient (Wildman–Crippen LogP) is 4.24. The van der Waals surface area contributed by atoms with Crippen molar-refractivity contribution in [1.29, 1.82) is 0 Å². The number of halogens is 2. The van der Waals surface area contributed by atoms with E-state index in [4.69, 9.17) is 23.8 Å². The third-order valence-electron chi connectivity index (χ3n) is 3.26. The maximum absolute atomic E-state index is 14.1. The fourth-order valence-corrected chi connectivity index (χ4v) is 2.72.